The van der Waals surface area contributed by atoms with E-state index in [1.165, 1.54) is 0 Å². The van der Waals surface area contributed by atoms with Crippen LogP contribution in [0.1, 0.15) is 12.0 Å². The highest BCUT2D eigenvalue weighted by Gasteiger charge is 2.26. The van der Waals surface area contributed by atoms with E-state index in [0.29, 0.717) is 16.5 Å². The number of benzene rings is 2. The van der Waals surface area contributed by atoms with E-state index in [1.54, 1.807) is 23.9 Å². The molecule has 2 aromatic carbocycles. The normalized spacial score (nSPS) is 16.8. The Bertz CT molecular complexity index is 794. The number of anilines is 2. The molecule has 1 aliphatic rings. The van der Waals surface area contributed by atoms with E-state index in [0.717, 1.165) is 16.1 Å². The molecule has 0 radical (unpaired) electrons. The lowest BCUT2D eigenvalue weighted by Crippen LogP contribution is -2.28. The van der Waals surface area contributed by atoms with Gasteiger partial charge in [0.1, 0.15) is 0 Å². The van der Waals surface area contributed by atoms with Crippen molar-refractivity contribution in [1.29, 1.82) is 0 Å². The zero-order chi connectivity index (χ0) is 17.1. The van der Waals surface area contributed by atoms with Crippen LogP contribution in [0.15, 0.2) is 47.4 Å². The Morgan fingerprint density at radius 1 is 1.33 bits per heavy atom. The van der Waals surface area contributed by atoms with Crippen LogP contribution < -0.4 is 10.6 Å². The smallest absolute Gasteiger partial charge is 0.228 e. The molecular weight excluding hydrogens is 344 g/mol. The van der Waals surface area contributed by atoms with Gasteiger partial charge in [0.05, 0.1) is 11.6 Å². The highest BCUT2D eigenvalue weighted by molar-refractivity contribution is 7.99. The van der Waals surface area contributed by atoms with Crippen molar-refractivity contribution in [2.45, 2.75) is 18.2 Å². The van der Waals surface area contributed by atoms with Crippen molar-refractivity contribution in [3.05, 3.63) is 53.1 Å². The summed E-state index contributed by atoms with van der Waals surface area (Å²) >= 11 is 7.66. The van der Waals surface area contributed by atoms with Gasteiger partial charge in [0.15, 0.2) is 0 Å². The number of thioether (sulfide) groups is 1. The van der Waals surface area contributed by atoms with Gasteiger partial charge in [-0.1, -0.05) is 29.8 Å². The number of hydrogen-bond donors (Lipinski definition) is 2. The minimum absolute atomic E-state index is 0.121. The highest BCUT2D eigenvalue weighted by Crippen LogP contribution is 2.33. The van der Waals surface area contributed by atoms with Crippen LogP contribution in [-0.2, 0) is 9.59 Å². The van der Waals surface area contributed by atoms with Gasteiger partial charge in [-0.25, -0.2) is 0 Å². The van der Waals surface area contributed by atoms with Gasteiger partial charge in [-0.15, -0.1) is 11.8 Å². The predicted molar refractivity (Wildman–Crippen MR) is 98.7 cm³/mol. The zero-order valence-electron chi connectivity index (χ0n) is 13.1. The number of nitrogens with one attached hydrogen (secondary N) is 2. The van der Waals surface area contributed by atoms with Crippen LogP contribution in [0, 0.1) is 12.8 Å². The molecule has 0 fully saturated rings. The molecule has 124 valence electrons. The molecule has 1 atom stereocenters. The number of para-hydroxylation sites is 1. The van der Waals surface area contributed by atoms with Crippen LogP contribution in [0.4, 0.5) is 11.4 Å². The van der Waals surface area contributed by atoms with E-state index < -0.39 is 0 Å². The Balaban J connectivity index is 1.64. The third-order valence-electron chi connectivity index (χ3n) is 3.84. The van der Waals surface area contributed by atoms with E-state index >= 15 is 0 Å². The average molecular weight is 361 g/mol. The number of rotatable bonds is 3. The van der Waals surface area contributed by atoms with Crippen molar-refractivity contribution in [2.75, 3.05) is 16.4 Å². The van der Waals surface area contributed by atoms with E-state index in [9.17, 15) is 9.59 Å². The molecule has 3 rings (SSSR count). The predicted octanol–water partition coefficient (Wildman–Crippen LogP) is 4.34. The fraction of sp³-hybridized carbons (Fsp3) is 0.222. The lowest BCUT2D eigenvalue weighted by atomic mass is 10.1. The summed E-state index contributed by atoms with van der Waals surface area (Å²) in [6.45, 7) is 1.90. The Morgan fingerprint density at radius 3 is 2.92 bits per heavy atom. The van der Waals surface area contributed by atoms with Crippen molar-refractivity contribution < 1.29 is 9.59 Å². The second-order valence-corrected chi connectivity index (χ2v) is 7.18. The second kappa shape index (κ2) is 7.28. The summed E-state index contributed by atoms with van der Waals surface area (Å²) in [6.07, 6.45) is 0.137. The van der Waals surface area contributed by atoms with Crippen LogP contribution in [0.3, 0.4) is 0 Å². The first kappa shape index (κ1) is 16.9. The number of aryl methyl sites for hydroxylation is 1. The van der Waals surface area contributed by atoms with Crippen molar-refractivity contribution in [3.63, 3.8) is 0 Å². The molecular formula is C18H17ClN2O2S. The number of carbonyl (C=O) groups is 2. The molecule has 0 aliphatic carbocycles. The van der Waals surface area contributed by atoms with E-state index in [2.05, 4.69) is 10.6 Å². The zero-order valence-corrected chi connectivity index (χ0v) is 14.7. The molecule has 4 nitrogen and oxygen atoms in total. The number of carbonyl (C=O) groups excluding carboxylic acids is 2. The SMILES string of the molecule is Cc1ccc(NC(=O)C[C@@H]2CSc3ccccc3NC2=O)cc1Cl. The lowest BCUT2D eigenvalue weighted by Gasteiger charge is -2.13. The summed E-state index contributed by atoms with van der Waals surface area (Å²) in [6, 6.07) is 13.0. The van der Waals surface area contributed by atoms with Crippen molar-refractivity contribution in [3.8, 4) is 0 Å². The Hall–Kier alpha value is -1.98. The molecule has 24 heavy (non-hydrogen) atoms. The first-order valence-electron chi connectivity index (χ1n) is 7.61. The maximum Gasteiger partial charge on any atom is 0.228 e. The molecule has 0 spiro atoms. The van der Waals surface area contributed by atoms with Crippen LogP contribution in [-0.4, -0.2) is 17.6 Å². The van der Waals surface area contributed by atoms with Crippen LogP contribution in [0.25, 0.3) is 0 Å². The van der Waals surface area contributed by atoms with Crippen LogP contribution >= 0.6 is 23.4 Å². The molecule has 0 saturated carbocycles. The lowest BCUT2D eigenvalue weighted by molar-refractivity contribution is -0.124. The summed E-state index contributed by atoms with van der Waals surface area (Å²) < 4.78 is 0. The number of halogens is 1. The molecule has 2 amide bonds. The fourth-order valence-electron chi connectivity index (χ4n) is 2.45. The summed E-state index contributed by atoms with van der Waals surface area (Å²) in [4.78, 5) is 25.6. The third-order valence-corrected chi connectivity index (χ3v) is 5.49. The fourth-order valence-corrected chi connectivity index (χ4v) is 3.73. The molecule has 1 heterocycles. The van der Waals surface area contributed by atoms with Gasteiger partial charge in [0.25, 0.3) is 0 Å². The van der Waals surface area contributed by atoms with Gasteiger partial charge < -0.3 is 10.6 Å². The first-order valence-corrected chi connectivity index (χ1v) is 8.98. The van der Waals surface area contributed by atoms with Crippen molar-refractivity contribution >= 4 is 46.6 Å². The first-order chi connectivity index (χ1) is 11.5. The highest BCUT2D eigenvalue weighted by atomic mass is 35.5. The third kappa shape index (κ3) is 3.91. The average Bonchev–Trinajstić information content (AvgIpc) is 2.70. The molecule has 0 saturated heterocycles. The minimum Gasteiger partial charge on any atom is -0.326 e. The summed E-state index contributed by atoms with van der Waals surface area (Å²) in [5.74, 6) is -0.111. The molecule has 2 aromatic rings. The maximum absolute atomic E-state index is 12.3. The monoisotopic (exact) mass is 360 g/mol. The van der Waals surface area contributed by atoms with Gasteiger partial charge in [-0.3, -0.25) is 9.59 Å². The Kier molecular flexibility index (Phi) is 5.11. The van der Waals surface area contributed by atoms with Gasteiger partial charge >= 0.3 is 0 Å². The van der Waals surface area contributed by atoms with E-state index in [4.69, 9.17) is 11.6 Å². The second-order valence-electron chi connectivity index (χ2n) is 5.71. The van der Waals surface area contributed by atoms with Crippen LogP contribution in [0.2, 0.25) is 5.02 Å². The van der Waals surface area contributed by atoms with Gasteiger partial charge in [-0.2, -0.15) is 0 Å². The Labute approximate surface area is 150 Å². The molecule has 2 N–H and O–H groups in total. The summed E-state index contributed by atoms with van der Waals surface area (Å²) in [5.41, 5.74) is 2.40. The van der Waals surface area contributed by atoms with E-state index in [1.807, 2.05) is 37.3 Å². The minimum atomic E-state index is -0.372. The van der Waals surface area contributed by atoms with Gasteiger partial charge in [0.2, 0.25) is 11.8 Å². The molecule has 1 aliphatic heterocycles. The summed E-state index contributed by atoms with van der Waals surface area (Å²) in [5, 5.41) is 6.31. The van der Waals surface area contributed by atoms with E-state index in [-0.39, 0.29) is 24.2 Å². The quantitative estimate of drug-likeness (QED) is 0.856. The molecule has 0 bridgehead atoms. The topological polar surface area (TPSA) is 58.2 Å². The molecule has 6 heteroatoms. The standard InChI is InChI=1S/C18H17ClN2O2S/c1-11-6-7-13(9-14(11)19)20-17(22)8-12-10-24-16-5-3-2-4-15(16)21-18(12)23/h2-7,9,12H,8,10H2,1H3,(H,20,22)(H,21,23)/t12-/m1/s1. The largest absolute Gasteiger partial charge is 0.326 e. The number of hydrogen-bond acceptors (Lipinski definition) is 3. The molecule has 0 aromatic heterocycles. The van der Waals surface area contributed by atoms with Gasteiger partial charge in [0, 0.05) is 27.8 Å². The summed E-state index contributed by atoms with van der Waals surface area (Å²) in [7, 11) is 0. The maximum atomic E-state index is 12.3. The van der Waals surface area contributed by atoms with Crippen LogP contribution in [0.5, 0.6) is 0 Å². The Morgan fingerprint density at radius 2 is 2.12 bits per heavy atom. The van der Waals surface area contributed by atoms with Crippen molar-refractivity contribution in [1.82, 2.24) is 0 Å². The van der Waals surface area contributed by atoms with Gasteiger partial charge in [-0.05, 0) is 36.8 Å². The number of fused-ring (bicyclic) bond motifs is 1. The van der Waals surface area contributed by atoms with Crippen molar-refractivity contribution in [2.24, 2.45) is 5.92 Å². The molecule has 0 unspecified atom stereocenters. The number of amides is 2.